The molecule has 0 spiro atoms. The largest absolute Gasteiger partial charge is 0.389 e. The van der Waals surface area contributed by atoms with E-state index in [4.69, 9.17) is 9.47 Å². The molecule has 2 N–H and O–H groups in total. The van der Waals surface area contributed by atoms with E-state index in [0.717, 1.165) is 12.8 Å². The van der Waals surface area contributed by atoms with E-state index in [1.807, 2.05) is 6.92 Å². The molecular weight excluding hydrogens is 218 g/mol. The zero-order valence-electron chi connectivity index (χ0n) is 12.0. The molecule has 104 valence electrons. The highest BCUT2D eigenvalue weighted by atomic mass is 16.5. The smallest absolute Gasteiger partial charge is 0.0898 e. The monoisotopic (exact) mass is 247 g/mol. The van der Waals surface area contributed by atoms with Gasteiger partial charge in [-0.05, 0) is 27.2 Å². The van der Waals surface area contributed by atoms with Crippen molar-refractivity contribution < 1.29 is 14.6 Å². The van der Waals surface area contributed by atoms with Crippen LogP contribution in [0.25, 0.3) is 0 Å². The van der Waals surface area contributed by atoms with Crippen LogP contribution in [0.15, 0.2) is 0 Å². The van der Waals surface area contributed by atoms with Crippen LogP contribution < -0.4 is 5.32 Å². The first-order valence-corrected chi connectivity index (χ1v) is 6.45. The Balaban J connectivity index is 3.68. The van der Waals surface area contributed by atoms with Crippen LogP contribution >= 0.6 is 0 Å². The first-order valence-electron chi connectivity index (χ1n) is 6.45. The van der Waals surface area contributed by atoms with Gasteiger partial charge in [-0.15, -0.1) is 0 Å². The van der Waals surface area contributed by atoms with Crippen LogP contribution in [0, 0.1) is 0 Å². The number of aliphatic hydroxyl groups excluding tert-OH is 1. The SMILES string of the molecule is CCCC(C)(C)NCC(O)COC(C)COC. The van der Waals surface area contributed by atoms with E-state index in [1.54, 1.807) is 7.11 Å². The Morgan fingerprint density at radius 3 is 2.47 bits per heavy atom. The van der Waals surface area contributed by atoms with Crippen molar-refractivity contribution >= 4 is 0 Å². The van der Waals surface area contributed by atoms with E-state index >= 15 is 0 Å². The summed E-state index contributed by atoms with van der Waals surface area (Å²) in [6.45, 7) is 9.86. The van der Waals surface area contributed by atoms with Crippen molar-refractivity contribution in [1.82, 2.24) is 5.32 Å². The summed E-state index contributed by atoms with van der Waals surface area (Å²) in [5, 5.41) is 13.1. The third-order valence-corrected chi connectivity index (χ3v) is 2.67. The molecule has 0 heterocycles. The molecule has 0 aliphatic heterocycles. The molecule has 4 heteroatoms. The quantitative estimate of drug-likeness (QED) is 0.615. The van der Waals surface area contributed by atoms with Gasteiger partial charge in [-0.2, -0.15) is 0 Å². The molecule has 0 aromatic heterocycles. The van der Waals surface area contributed by atoms with Crippen molar-refractivity contribution in [3.8, 4) is 0 Å². The highest BCUT2D eigenvalue weighted by Crippen LogP contribution is 2.10. The summed E-state index contributed by atoms with van der Waals surface area (Å²) >= 11 is 0. The number of ether oxygens (including phenoxy) is 2. The van der Waals surface area contributed by atoms with Gasteiger partial charge in [0.1, 0.15) is 0 Å². The van der Waals surface area contributed by atoms with Gasteiger partial charge >= 0.3 is 0 Å². The molecule has 0 aliphatic rings. The van der Waals surface area contributed by atoms with Crippen LogP contribution in [0.4, 0.5) is 0 Å². The third-order valence-electron chi connectivity index (χ3n) is 2.67. The van der Waals surface area contributed by atoms with E-state index in [2.05, 4.69) is 26.1 Å². The topological polar surface area (TPSA) is 50.7 Å². The molecule has 0 radical (unpaired) electrons. The summed E-state index contributed by atoms with van der Waals surface area (Å²) in [4.78, 5) is 0. The maximum absolute atomic E-state index is 9.77. The molecule has 0 aliphatic carbocycles. The summed E-state index contributed by atoms with van der Waals surface area (Å²) in [5.41, 5.74) is 0.0773. The average Bonchev–Trinajstić information content (AvgIpc) is 2.24. The highest BCUT2D eigenvalue weighted by molar-refractivity contribution is 4.78. The second-order valence-corrected chi connectivity index (χ2v) is 5.27. The average molecular weight is 247 g/mol. The Labute approximate surface area is 106 Å². The zero-order valence-corrected chi connectivity index (χ0v) is 12.0. The fourth-order valence-electron chi connectivity index (χ4n) is 1.72. The van der Waals surface area contributed by atoms with E-state index in [1.165, 1.54) is 0 Å². The number of methoxy groups -OCH3 is 1. The lowest BCUT2D eigenvalue weighted by Crippen LogP contribution is -2.44. The molecule has 2 atom stereocenters. The molecule has 0 bridgehead atoms. The molecule has 0 saturated carbocycles. The lowest BCUT2D eigenvalue weighted by Gasteiger charge is -2.27. The molecule has 0 fully saturated rings. The number of nitrogens with one attached hydrogen (secondary N) is 1. The summed E-state index contributed by atoms with van der Waals surface area (Å²) in [6, 6.07) is 0. The van der Waals surface area contributed by atoms with E-state index in [0.29, 0.717) is 19.8 Å². The fraction of sp³-hybridized carbons (Fsp3) is 1.00. The van der Waals surface area contributed by atoms with Crippen molar-refractivity contribution in [2.75, 3.05) is 26.9 Å². The molecule has 0 aromatic carbocycles. The Morgan fingerprint density at radius 2 is 1.94 bits per heavy atom. The van der Waals surface area contributed by atoms with Gasteiger partial charge in [-0.25, -0.2) is 0 Å². The minimum atomic E-state index is -0.467. The van der Waals surface area contributed by atoms with Crippen LogP contribution in [-0.2, 0) is 9.47 Å². The second-order valence-electron chi connectivity index (χ2n) is 5.27. The predicted octanol–water partition coefficient (Wildman–Crippen LogP) is 1.57. The van der Waals surface area contributed by atoms with Crippen molar-refractivity contribution in [3.63, 3.8) is 0 Å². The Bertz CT molecular complexity index is 186. The Hall–Kier alpha value is -0.160. The maximum Gasteiger partial charge on any atom is 0.0898 e. The maximum atomic E-state index is 9.77. The van der Waals surface area contributed by atoms with Crippen LogP contribution in [0.5, 0.6) is 0 Å². The third kappa shape index (κ3) is 9.53. The van der Waals surface area contributed by atoms with Gasteiger partial charge in [-0.1, -0.05) is 13.3 Å². The number of rotatable bonds is 10. The molecule has 0 aromatic rings. The van der Waals surface area contributed by atoms with Crippen molar-refractivity contribution in [1.29, 1.82) is 0 Å². The number of aliphatic hydroxyl groups is 1. The summed E-state index contributed by atoms with van der Waals surface area (Å²) < 4.78 is 10.4. The molecule has 0 amide bonds. The standard InChI is InChI=1S/C13H29NO3/c1-6-7-13(3,4)14-8-12(15)10-17-11(2)9-16-5/h11-12,14-15H,6-10H2,1-5H3. The molecule has 2 unspecified atom stereocenters. The van der Waals surface area contributed by atoms with Crippen LogP contribution in [0.1, 0.15) is 40.5 Å². The zero-order chi connectivity index (χ0) is 13.3. The molecule has 17 heavy (non-hydrogen) atoms. The van der Waals surface area contributed by atoms with Crippen LogP contribution in [0.2, 0.25) is 0 Å². The van der Waals surface area contributed by atoms with Crippen molar-refractivity contribution in [2.24, 2.45) is 0 Å². The second kappa shape index (κ2) is 8.86. The Morgan fingerprint density at radius 1 is 1.29 bits per heavy atom. The van der Waals surface area contributed by atoms with Crippen molar-refractivity contribution in [3.05, 3.63) is 0 Å². The highest BCUT2D eigenvalue weighted by Gasteiger charge is 2.17. The van der Waals surface area contributed by atoms with E-state index < -0.39 is 6.10 Å². The summed E-state index contributed by atoms with van der Waals surface area (Å²) in [5.74, 6) is 0. The van der Waals surface area contributed by atoms with Gasteiger partial charge in [-0.3, -0.25) is 0 Å². The van der Waals surface area contributed by atoms with Gasteiger partial charge in [0.05, 0.1) is 25.4 Å². The fourth-order valence-corrected chi connectivity index (χ4v) is 1.72. The minimum Gasteiger partial charge on any atom is -0.389 e. The van der Waals surface area contributed by atoms with Crippen LogP contribution in [-0.4, -0.2) is 49.7 Å². The van der Waals surface area contributed by atoms with Gasteiger partial charge in [0, 0.05) is 19.2 Å². The molecule has 0 rings (SSSR count). The molecular formula is C13H29NO3. The molecule has 0 saturated heterocycles. The summed E-state index contributed by atoms with van der Waals surface area (Å²) in [6.07, 6.45) is 1.79. The van der Waals surface area contributed by atoms with E-state index in [9.17, 15) is 5.11 Å². The van der Waals surface area contributed by atoms with Gasteiger partial charge in [0.25, 0.3) is 0 Å². The Kier molecular flexibility index (Phi) is 8.78. The van der Waals surface area contributed by atoms with Gasteiger partial charge < -0.3 is 19.9 Å². The number of hydrogen-bond acceptors (Lipinski definition) is 4. The minimum absolute atomic E-state index is 0.0262. The van der Waals surface area contributed by atoms with Crippen LogP contribution in [0.3, 0.4) is 0 Å². The first kappa shape index (κ1) is 16.8. The van der Waals surface area contributed by atoms with E-state index in [-0.39, 0.29) is 11.6 Å². The summed E-state index contributed by atoms with van der Waals surface area (Å²) in [7, 11) is 1.64. The van der Waals surface area contributed by atoms with Gasteiger partial charge in [0.2, 0.25) is 0 Å². The first-order chi connectivity index (χ1) is 7.91. The van der Waals surface area contributed by atoms with Gasteiger partial charge in [0.15, 0.2) is 0 Å². The number of hydrogen-bond donors (Lipinski definition) is 2. The van der Waals surface area contributed by atoms with Crippen molar-refractivity contribution in [2.45, 2.75) is 58.3 Å². The molecule has 4 nitrogen and oxygen atoms in total. The lowest BCUT2D eigenvalue weighted by atomic mass is 9.99. The predicted molar refractivity (Wildman–Crippen MR) is 70.3 cm³/mol. The lowest BCUT2D eigenvalue weighted by molar-refractivity contribution is -0.0324. The number of β-amino-alcohol motifs (C(OH)–C–C–N with tert-alkyl or cyclic N) is 1. The normalized spacial score (nSPS) is 15.9.